The molecule has 1 aliphatic rings. The minimum absolute atomic E-state index is 0.0206. The van der Waals surface area contributed by atoms with Crippen LogP contribution in [0.5, 0.6) is 0 Å². The zero-order chi connectivity index (χ0) is 22.5. The second-order valence-corrected chi connectivity index (χ2v) is 8.18. The molecule has 164 valence electrons. The Morgan fingerprint density at radius 1 is 0.818 bits per heavy atom. The fourth-order valence-corrected chi connectivity index (χ4v) is 4.23. The van der Waals surface area contributed by atoms with Crippen LogP contribution >= 0.6 is 0 Å². The molecular formula is C27H25N5O. The molecule has 0 unspecified atom stereocenters. The molecule has 6 nitrogen and oxygen atoms in total. The molecule has 0 saturated carbocycles. The molecule has 1 aliphatic heterocycles. The lowest BCUT2D eigenvalue weighted by Crippen LogP contribution is -2.38. The molecular weight excluding hydrogens is 410 g/mol. The number of piperidine rings is 1. The van der Waals surface area contributed by atoms with Crippen molar-refractivity contribution in [1.29, 1.82) is 0 Å². The van der Waals surface area contributed by atoms with Crippen molar-refractivity contribution in [2.45, 2.75) is 12.8 Å². The zero-order valence-corrected chi connectivity index (χ0v) is 18.3. The predicted molar refractivity (Wildman–Crippen MR) is 131 cm³/mol. The van der Waals surface area contributed by atoms with Gasteiger partial charge in [0.1, 0.15) is 0 Å². The zero-order valence-electron chi connectivity index (χ0n) is 18.3. The number of para-hydroxylation sites is 1. The lowest BCUT2D eigenvalue weighted by atomic mass is 9.95. The molecule has 5 rings (SSSR count). The third kappa shape index (κ3) is 4.75. The van der Waals surface area contributed by atoms with Crippen LogP contribution in [0.25, 0.3) is 22.4 Å². The van der Waals surface area contributed by atoms with Gasteiger partial charge in [-0.3, -0.25) is 9.78 Å². The van der Waals surface area contributed by atoms with Crippen molar-refractivity contribution in [1.82, 2.24) is 15.2 Å². The van der Waals surface area contributed by atoms with Crippen LogP contribution in [0.4, 0.5) is 11.5 Å². The van der Waals surface area contributed by atoms with Gasteiger partial charge in [0.2, 0.25) is 5.91 Å². The minimum atomic E-state index is -0.0206. The Hall–Kier alpha value is -4.06. The molecule has 1 fully saturated rings. The van der Waals surface area contributed by atoms with Crippen molar-refractivity contribution >= 4 is 17.4 Å². The third-order valence-electron chi connectivity index (χ3n) is 6.07. The minimum Gasteiger partial charge on any atom is -0.355 e. The summed E-state index contributed by atoms with van der Waals surface area (Å²) in [7, 11) is 0. The highest BCUT2D eigenvalue weighted by atomic mass is 16.1. The number of aromatic nitrogens is 3. The Morgan fingerprint density at radius 2 is 1.58 bits per heavy atom. The van der Waals surface area contributed by atoms with Gasteiger partial charge in [-0.2, -0.15) is 0 Å². The van der Waals surface area contributed by atoms with Gasteiger partial charge in [-0.25, -0.2) is 0 Å². The molecule has 0 atom stereocenters. The van der Waals surface area contributed by atoms with Crippen molar-refractivity contribution in [3.05, 3.63) is 91.3 Å². The quantitative estimate of drug-likeness (QED) is 0.474. The van der Waals surface area contributed by atoms with Gasteiger partial charge in [0, 0.05) is 48.2 Å². The largest absolute Gasteiger partial charge is 0.355 e. The van der Waals surface area contributed by atoms with E-state index in [4.69, 9.17) is 0 Å². The Bertz CT molecular complexity index is 1200. The Balaban J connectivity index is 1.21. The molecule has 0 aliphatic carbocycles. The Labute approximate surface area is 193 Å². The van der Waals surface area contributed by atoms with E-state index >= 15 is 0 Å². The second-order valence-electron chi connectivity index (χ2n) is 8.18. The first kappa shape index (κ1) is 20.8. The number of carbonyl (C=O) groups excluding carboxylic acids is 1. The van der Waals surface area contributed by atoms with Crippen LogP contribution in [0.3, 0.4) is 0 Å². The number of nitrogens with zero attached hydrogens (tertiary/aromatic N) is 4. The molecule has 1 amide bonds. The van der Waals surface area contributed by atoms with Crippen molar-refractivity contribution in [3.8, 4) is 22.4 Å². The number of rotatable bonds is 5. The van der Waals surface area contributed by atoms with E-state index in [0.29, 0.717) is 0 Å². The van der Waals surface area contributed by atoms with Gasteiger partial charge >= 0.3 is 0 Å². The number of nitrogens with one attached hydrogen (secondary N) is 1. The molecule has 1 saturated heterocycles. The summed E-state index contributed by atoms with van der Waals surface area (Å²) in [5.41, 5.74) is 4.73. The first-order chi connectivity index (χ1) is 16.3. The molecule has 1 N–H and O–H groups in total. The van der Waals surface area contributed by atoms with E-state index < -0.39 is 0 Å². The maximum Gasteiger partial charge on any atom is 0.227 e. The van der Waals surface area contributed by atoms with Gasteiger partial charge in [-0.1, -0.05) is 48.5 Å². The SMILES string of the molecule is O=C(Nc1ccccc1-c1ccccc1)C1CCN(c2ccc(-c3cccnc3)nn2)CC1. The van der Waals surface area contributed by atoms with Crippen molar-refractivity contribution in [2.24, 2.45) is 5.92 Å². The van der Waals surface area contributed by atoms with Crippen LogP contribution in [0, 0.1) is 5.92 Å². The average Bonchev–Trinajstić information content (AvgIpc) is 2.90. The summed E-state index contributed by atoms with van der Waals surface area (Å²) in [6, 6.07) is 25.9. The van der Waals surface area contributed by atoms with Crippen LogP contribution in [0.15, 0.2) is 91.3 Å². The second kappa shape index (κ2) is 9.61. The third-order valence-corrected chi connectivity index (χ3v) is 6.07. The van der Waals surface area contributed by atoms with Gasteiger partial charge in [0.15, 0.2) is 5.82 Å². The fraction of sp³-hybridized carbons (Fsp3) is 0.185. The predicted octanol–water partition coefficient (Wildman–Crippen LogP) is 5.06. The van der Waals surface area contributed by atoms with E-state index in [9.17, 15) is 4.79 Å². The van der Waals surface area contributed by atoms with E-state index in [-0.39, 0.29) is 11.8 Å². The monoisotopic (exact) mass is 435 g/mol. The van der Waals surface area contributed by atoms with Gasteiger partial charge in [0.25, 0.3) is 0 Å². The van der Waals surface area contributed by atoms with Crippen LogP contribution in [-0.2, 0) is 4.79 Å². The standard InChI is InChI=1S/C27H25N5O/c33-27(29-25-11-5-4-10-23(25)20-7-2-1-3-8-20)21-14-17-32(18-15-21)26-13-12-24(30-31-26)22-9-6-16-28-19-22/h1-13,16,19,21H,14-15,17-18H2,(H,29,33). The summed E-state index contributed by atoms with van der Waals surface area (Å²) in [6.07, 6.45) is 5.09. The van der Waals surface area contributed by atoms with E-state index in [1.165, 1.54) is 0 Å². The normalized spacial score (nSPS) is 14.1. The molecule has 3 heterocycles. The number of carbonyl (C=O) groups is 1. The number of anilines is 2. The van der Waals surface area contributed by atoms with Crippen molar-refractivity contribution in [3.63, 3.8) is 0 Å². The smallest absolute Gasteiger partial charge is 0.227 e. The molecule has 0 radical (unpaired) electrons. The topological polar surface area (TPSA) is 71.0 Å². The number of hydrogen-bond donors (Lipinski definition) is 1. The summed E-state index contributed by atoms with van der Waals surface area (Å²) in [6.45, 7) is 1.55. The number of benzene rings is 2. The molecule has 33 heavy (non-hydrogen) atoms. The molecule has 2 aromatic carbocycles. The maximum atomic E-state index is 13.0. The highest BCUT2D eigenvalue weighted by molar-refractivity contribution is 5.96. The van der Waals surface area contributed by atoms with E-state index in [0.717, 1.165) is 59.8 Å². The van der Waals surface area contributed by atoms with Gasteiger partial charge in [-0.15, -0.1) is 10.2 Å². The molecule has 6 heteroatoms. The Morgan fingerprint density at radius 3 is 2.30 bits per heavy atom. The van der Waals surface area contributed by atoms with Crippen molar-refractivity contribution < 1.29 is 4.79 Å². The lowest BCUT2D eigenvalue weighted by Gasteiger charge is -2.32. The molecule has 0 spiro atoms. The molecule has 0 bridgehead atoms. The summed E-state index contributed by atoms with van der Waals surface area (Å²) in [4.78, 5) is 19.4. The highest BCUT2D eigenvalue weighted by Gasteiger charge is 2.26. The summed E-state index contributed by atoms with van der Waals surface area (Å²) < 4.78 is 0. The van der Waals surface area contributed by atoms with Gasteiger partial charge < -0.3 is 10.2 Å². The summed E-state index contributed by atoms with van der Waals surface area (Å²) >= 11 is 0. The lowest BCUT2D eigenvalue weighted by molar-refractivity contribution is -0.120. The highest BCUT2D eigenvalue weighted by Crippen LogP contribution is 2.29. The first-order valence-corrected chi connectivity index (χ1v) is 11.2. The van der Waals surface area contributed by atoms with Crippen LogP contribution in [-0.4, -0.2) is 34.2 Å². The first-order valence-electron chi connectivity index (χ1n) is 11.2. The number of amides is 1. The van der Waals surface area contributed by atoms with Crippen LogP contribution in [0.2, 0.25) is 0 Å². The molecule has 2 aromatic heterocycles. The van der Waals surface area contributed by atoms with E-state index in [2.05, 4.69) is 37.5 Å². The summed E-state index contributed by atoms with van der Waals surface area (Å²) in [5, 5.41) is 11.9. The molecule has 4 aromatic rings. The fourth-order valence-electron chi connectivity index (χ4n) is 4.23. The maximum absolute atomic E-state index is 13.0. The van der Waals surface area contributed by atoms with Crippen molar-refractivity contribution in [2.75, 3.05) is 23.3 Å². The summed E-state index contributed by atoms with van der Waals surface area (Å²) in [5.74, 6) is 0.902. The van der Waals surface area contributed by atoms with Crippen LogP contribution in [0.1, 0.15) is 12.8 Å². The number of hydrogen-bond acceptors (Lipinski definition) is 5. The average molecular weight is 436 g/mol. The Kier molecular flexibility index (Phi) is 6.06. The van der Waals surface area contributed by atoms with E-state index in [1.807, 2.05) is 66.7 Å². The number of pyridine rings is 1. The van der Waals surface area contributed by atoms with Gasteiger partial charge in [0.05, 0.1) is 5.69 Å². The van der Waals surface area contributed by atoms with Gasteiger partial charge in [-0.05, 0) is 48.7 Å². The van der Waals surface area contributed by atoms with E-state index in [1.54, 1.807) is 12.4 Å². The van der Waals surface area contributed by atoms with Crippen LogP contribution < -0.4 is 10.2 Å².